The first-order valence-corrected chi connectivity index (χ1v) is 8.30. The molecule has 1 rings (SSSR count). The molecule has 118 valence electrons. The molecule has 1 aromatic rings. The predicted octanol–water partition coefficient (Wildman–Crippen LogP) is 0.970. The Morgan fingerprint density at radius 3 is 2.62 bits per heavy atom. The van der Waals surface area contributed by atoms with Crippen molar-refractivity contribution in [3.63, 3.8) is 0 Å². The second kappa shape index (κ2) is 7.58. The zero-order chi connectivity index (χ0) is 16.0. The minimum absolute atomic E-state index is 0.0579. The van der Waals surface area contributed by atoms with Crippen molar-refractivity contribution in [1.82, 2.24) is 15.0 Å². The van der Waals surface area contributed by atoms with E-state index in [4.69, 9.17) is 11.6 Å². The summed E-state index contributed by atoms with van der Waals surface area (Å²) in [5.74, 6) is 0.00701. The minimum Gasteiger partial charge on any atom is -0.369 e. The highest BCUT2D eigenvalue weighted by atomic mass is 35.5. The Hall–Kier alpha value is -1.38. The van der Waals surface area contributed by atoms with Crippen molar-refractivity contribution in [1.29, 1.82) is 0 Å². The monoisotopic (exact) mass is 334 g/mol. The van der Waals surface area contributed by atoms with Gasteiger partial charge >= 0.3 is 0 Å². The average Bonchev–Trinajstić information content (AvgIpc) is 2.38. The lowest BCUT2D eigenvalue weighted by Gasteiger charge is -2.11. The predicted molar refractivity (Wildman–Crippen MR) is 81.9 cm³/mol. The molecular formula is C12H19ClN4O3S. The molecule has 7 nitrogen and oxygen atoms in total. The SMILES string of the molecule is CCNc1ncc(S(=O)(=O)NCC(=O)NC(C)C)cc1Cl. The zero-order valence-electron chi connectivity index (χ0n) is 12.1. The quantitative estimate of drug-likeness (QED) is 0.690. The van der Waals surface area contributed by atoms with Gasteiger partial charge in [-0.15, -0.1) is 0 Å². The molecule has 0 aliphatic heterocycles. The maximum absolute atomic E-state index is 12.0. The number of hydrogen-bond acceptors (Lipinski definition) is 5. The van der Waals surface area contributed by atoms with Crippen LogP contribution in [0.4, 0.5) is 5.82 Å². The molecule has 0 atom stereocenters. The Kier molecular flexibility index (Phi) is 6.38. The van der Waals surface area contributed by atoms with Crippen LogP contribution in [0.2, 0.25) is 5.02 Å². The number of halogens is 1. The molecule has 0 fully saturated rings. The molecule has 0 aliphatic rings. The normalized spacial score (nSPS) is 11.5. The molecule has 1 aromatic heterocycles. The molecule has 0 radical (unpaired) electrons. The minimum atomic E-state index is -3.83. The third-order valence-corrected chi connectivity index (χ3v) is 4.00. The van der Waals surface area contributed by atoms with E-state index in [9.17, 15) is 13.2 Å². The molecule has 3 N–H and O–H groups in total. The van der Waals surface area contributed by atoms with Gasteiger partial charge in [-0.05, 0) is 26.8 Å². The fourth-order valence-corrected chi connectivity index (χ4v) is 2.73. The molecule has 1 heterocycles. The topological polar surface area (TPSA) is 100 Å². The van der Waals surface area contributed by atoms with E-state index in [1.807, 2.05) is 6.92 Å². The number of nitrogens with zero attached hydrogens (tertiary/aromatic N) is 1. The maximum atomic E-state index is 12.0. The Morgan fingerprint density at radius 2 is 2.10 bits per heavy atom. The molecule has 0 aromatic carbocycles. The number of rotatable bonds is 7. The maximum Gasteiger partial charge on any atom is 0.242 e. The van der Waals surface area contributed by atoms with Gasteiger partial charge in [0.1, 0.15) is 10.7 Å². The second-order valence-corrected chi connectivity index (χ2v) is 6.75. The van der Waals surface area contributed by atoms with Gasteiger partial charge in [0.25, 0.3) is 0 Å². The molecule has 0 spiro atoms. The van der Waals surface area contributed by atoms with Crippen LogP contribution >= 0.6 is 11.6 Å². The standard InChI is InChI=1S/C12H19ClN4O3S/c1-4-14-12-10(13)5-9(6-15-12)21(19,20)16-7-11(18)17-8(2)3/h5-6,8,16H,4,7H2,1-3H3,(H,14,15)(H,17,18). The second-order valence-electron chi connectivity index (χ2n) is 4.58. The highest BCUT2D eigenvalue weighted by Gasteiger charge is 2.18. The number of pyridine rings is 1. The van der Waals surface area contributed by atoms with Crippen LogP contribution in [0.25, 0.3) is 0 Å². The number of anilines is 1. The van der Waals surface area contributed by atoms with E-state index < -0.39 is 15.9 Å². The Balaban J connectivity index is 2.79. The van der Waals surface area contributed by atoms with Crippen molar-refractivity contribution in [2.75, 3.05) is 18.4 Å². The van der Waals surface area contributed by atoms with E-state index >= 15 is 0 Å². The van der Waals surface area contributed by atoms with Gasteiger partial charge in [0.05, 0.1) is 11.6 Å². The number of aromatic nitrogens is 1. The number of amides is 1. The largest absolute Gasteiger partial charge is 0.369 e. The number of carbonyl (C=O) groups excluding carboxylic acids is 1. The highest BCUT2D eigenvalue weighted by Crippen LogP contribution is 2.22. The highest BCUT2D eigenvalue weighted by molar-refractivity contribution is 7.89. The molecular weight excluding hydrogens is 316 g/mol. The van der Waals surface area contributed by atoms with Crippen LogP contribution in [0, 0.1) is 0 Å². The van der Waals surface area contributed by atoms with Crippen molar-refractivity contribution in [3.05, 3.63) is 17.3 Å². The summed E-state index contributed by atoms with van der Waals surface area (Å²) in [6.07, 6.45) is 1.19. The molecule has 0 saturated heterocycles. The number of sulfonamides is 1. The number of carbonyl (C=O) groups is 1. The zero-order valence-corrected chi connectivity index (χ0v) is 13.7. The van der Waals surface area contributed by atoms with Gasteiger partial charge in [-0.3, -0.25) is 4.79 Å². The van der Waals surface area contributed by atoms with Crippen LogP contribution in [0.15, 0.2) is 17.2 Å². The summed E-state index contributed by atoms with van der Waals surface area (Å²) < 4.78 is 26.3. The molecule has 0 unspecified atom stereocenters. The van der Waals surface area contributed by atoms with Gasteiger partial charge in [0.15, 0.2) is 0 Å². The van der Waals surface area contributed by atoms with Crippen molar-refractivity contribution >= 4 is 33.3 Å². The van der Waals surface area contributed by atoms with Crippen LogP contribution in [-0.4, -0.2) is 38.4 Å². The van der Waals surface area contributed by atoms with Crippen LogP contribution in [0.3, 0.4) is 0 Å². The molecule has 9 heteroatoms. The van der Waals surface area contributed by atoms with Crippen molar-refractivity contribution < 1.29 is 13.2 Å². The first kappa shape index (κ1) is 17.7. The number of hydrogen-bond donors (Lipinski definition) is 3. The Bertz CT molecular complexity index is 605. The van der Waals surface area contributed by atoms with Crippen LogP contribution in [0.5, 0.6) is 0 Å². The first-order valence-electron chi connectivity index (χ1n) is 6.44. The summed E-state index contributed by atoms with van der Waals surface area (Å²) in [4.78, 5) is 15.3. The first-order chi connectivity index (χ1) is 9.76. The van der Waals surface area contributed by atoms with E-state index in [1.165, 1.54) is 12.3 Å². The summed E-state index contributed by atoms with van der Waals surface area (Å²) in [6, 6.07) is 1.23. The van der Waals surface area contributed by atoms with Gasteiger partial charge < -0.3 is 10.6 Å². The summed E-state index contributed by atoms with van der Waals surface area (Å²) in [7, 11) is -3.83. The Morgan fingerprint density at radius 1 is 1.43 bits per heavy atom. The average molecular weight is 335 g/mol. The van der Waals surface area contributed by atoms with Crippen LogP contribution in [-0.2, 0) is 14.8 Å². The van der Waals surface area contributed by atoms with Gasteiger partial charge in [-0.1, -0.05) is 11.6 Å². The lowest BCUT2D eigenvalue weighted by molar-refractivity contribution is -0.120. The molecule has 0 bridgehead atoms. The van der Waals surface area contributed by atoms with E-state index in [-0.39, 0.29) is 22.5 Å². The fraction of sp³-hybridized carbons (Fsp3) is 0.500. The van der Waals surface area contributed by atoms with Gasteiger partial charge in [0, 0.05) is 18.8 Å². The van der Waals surface area contributed by atoms with Crippen molar-refractivity contribution in [2.45, 2.75) is 31.7 Å². The molecule has 1 amide bonds. The summed E-state index contributed by atoms with van der Waals surface area (Å²) >= 11 is 5.95. The summed E-state index contributed by atoms with van der Waals surface area (Å²) in [5, 5.41) is 5.69. The van der Waals surface area contributed by atoms with Crippen LogP contribution < -0.4 is 15.4 Å². The third-order valence-electron chi connectivity index (χ3n) is 2.34. The van der Waals surface area contributed by atoms with Gasteiger partial charge in [0.2, 0.25) is 15.9 Å². The lowest BCUT2D eigenvalue weighted by atomic mass is 10.4. The van der Waals surface area contributed by atoms with E-state index in [0.29, 0.717) is 12.4 Å². The van der Waals surface area contributed by atoms with E-state index in [2.05, 4.69) is 20.3 Å². The van der Waals surface area contributed by atoms with Crippen molar-refractivity contribution in [2.24, 2.45) is 0 Å². The van der Waals surface area contributed by atoms with Crippen molar-refractivity contribution in [3.8, 4) is 0 Å². The number of nitrogens with one attached hydrogen (secondary N) is 3. The molecule has 0 aliphatic carbocycles. The molecule has 21 heavy (non-hydrogen) atoms. The van der Waals surface area contributed by atoms with Gasteiger partial charge in [-0.2, -0.15) is 0 Å². The lowest BCUT2D eigenvalue weighted by Crippen LogP contribution is -2.39. The summed E-state index contributed by atoms with van der Waals surface area (Å²) in [6.45, 7) is 5.72. The van der Waals surface area contributed by atoms with Crippen LogP contribution in [0.1, 0.15) is 20.8 Å². The van der Waals surface area contributed by atoms with Gasteiger partial charge in [-0.25, -0.2) is 18.1 Å². The summed E-state index contributed by atoms with van der Waals surface area (Å²) in [5.41, 5.74) is 0. The van der Waals surface area contributed by atoms with E-state index in [1.54, 1.807) is 13.8 Å². The molecule has 0 saturated carbocycles. The van der Waals surface area contributed by atoms with E-state index in [0.717, 1.165) is 0 Å². The third kappa shape index (κ3) is 5.49. The smallest absolute Gasteiger partial charge is 0.242 e. The fourth-order valence-electron chi connectivity index (χ4n) is 1.48. The Labute approximate surface area is 129 Å².